The molecule has 0 saturated heterocycles. The summed E-state index contributed by atoms with van der Waals surface area (Å²) in [5, 5.41) is 4.66. The molecule has 0 unspecified atom stereocenters. The summed E-state index contributed by atoms with van der Waals surface area (Å²) in [6, 6.07) is 1.69. The van der Waals surface area contributed by atoms with Crippen LogP contribution < -0.4 is 0 Å². The van der Waals surface area contributed by atoms with Crippen LogP contribution in [-0.4, -0.2) is 26.9 Å². The molecule has 0 aliphatic carbocycles. The summed E-state index contributed by atoms with van der Waals surface area (Å²) in [5.74, 6) is 0.579. The van der Waals surface area contributed by atoms with Gasteiger partial charge in [0.25, 0.3) is 0 Å². The van der Waals surface area contributed by atoms with Crippen molar-refractivity contribution in [2.45, 2.75) is 13.5 Å². The molecule has 2 aromatic rings. The summed E-state index contributed by atoms with van der Waals surface area (Å²) in [4.78, 5) is 8.60. The molecule has 0 amide bonds. The van der Waals surface area contributed by atoms with E-state index in [9.17, 15) is 0 Å². The third-order valence-electron chi connectivity index (χ3n) is 2.29. The molecular formula is C11H13ClN4O. The van der Waals surface area contributed by atoms with E-state index in [1.54, 1.807) is 17.9 Å². The van der Waals surface area contributed by atoms with Crippen LogP contribution in [0.3, 0.4) is 0 Å². The minimum absolute atomic E-state index is 0.408. The van der Waals surface area contributed by atoms with E-state index in [0.29, 0.717) is 17.6 Å². The molecule has 0 radical (unpaired) electrons. The zero-order valence-corrected chi connectivity index (χ0v) is 10.7. The first-order valence-corrected chi connectivity index (χ1v) is 5.51. The maximum Gasteiger partial charge on any atom is 0.164 e. The lowest BCUT2D eigenvalue weighted by Gasteiger charge is -2.03. The zero-order chi connectivity index (χ0) is 12.4. The lowest BCUT2D eigenvalue weighted by Crippen LogP contribution is -1.97. The van der Waals surface area contributed by atoms with Gasteiger partial charge in [0.2, 0.25) is 0 Å². The van der Waals surface area contributed by atoms with Gasteiger partial charge < -0.3 is 4.74 Å². The van der Waals surface area contributed by atoms with Crippen LogP contribution in [0.5, 0.6) is 0 Å². The third-order valence-corrected chi connectivity index (χ3v) is 2.49. The van der Waals surface area contributed by atoms with Crippen molar-refractivity contribution in [3.8, 4) is 11.4 Å². The smallest absolute Gasteiger partial charge is 0.164 e. The van der Waals surface area contributed by atoms with Gasteiger partial charge in [0.1, 0.15) is 5.15 Å². The molecule has 0 aliphatic heterocycles. The number of hydrogen-bond acceptors (Lipinski definition) is 4. The Labute approximate surface area is 104 Å². The van der Waals surface area contributed by atoms with Crippen LogP contribution in [0.1, 0.15) is 11.4 Å². The molecule has 6 heteroatoms. The number of nitrogens with zero attached hydrogens (tertiary/aromatic N) is 4. The lowest BCUT2D eigenvalue weighted by atomic mass is 10.2. The Kier molecular flexibility index (Phi) is 3.40. The Balaban J connectivity index is 2.48. The highest BCUT2D eigenvalue weighted by Crippen LogP contribution is 2.20. The van der Waals surface area contributed by atoms with Crippen molar-refractivity contribution in [3.05, 3.63) is 28.8 Å². The molecule has 90 valence electrons. The number of methoxy groups -OCH3 is 1. The molecule has 0 saturated carbocycles. The Morgan fingerprint density at radius 1 is 1.41 bits per heavy atom. The van der Waals surface area contributed by atoms with Crippen molar-refractivity contribution in [2.75, 3.05) is 7.11 Å². The predicted molar refractivity (Wildman–Crippen MR) is 64.7 cm³/mol. The zero-order valence-electron chi connectivity index (χ0n) is 9.94. The minimum Gasteiger partial charge on any atom is -0.378 e. The highest BCUT2D eigenvalue weighted by atomic mass is 35.5. The SMILES string of the molecule is COCc1cc(Cl)nc(-c2cn(C)nc2C)n1. The molecule has 2 heterocycles. The normalized spacial score (nSPS) is 10.8. The van der Waals surface area contributed by atoms with Crippen molar-refractivity contribution < 1.29 is 4.74 Å². The summed E-state index contributed by atoms with van der Waals surface area (Å²) in [6.45, 7) is 2.32. The van der Waals surface area contributed by atoms with Gasteiger partial charge in [-0.1, -0.05) is 11.6 Å². The van der Waals surface area contributed by atoms with E-state index >= 15 is 0 Å². The summed E-state index contributed by atoms with van der Waals surface area (Å²) >= 11 is 5.96. The van der Waals surface area contributed by atoms with E-state index in [4.69, 9.17) is 16.3 Å². The summed E-state index contributed by atoms with van der Waals surface area (Å²) in [7, 11) is 3.47. The Morgan fingerprint density at radius 2 is 2.18 bits per heavy atom. The second-order valence-electron chi connectivity index (χ2n) is 3.74. The van der Waals surface area contributed by atoms with Crippen LogP contribution in [0, 0.1) is 6.92 Å². The largest absolute Gasteiger partial charge is 0.378 e. The second kappa shape index (κ2) is 4.81. The van der Waals surface area contributed by atoms with Crippen molar-refractivity contribution in [3.63, 3.8) is 0 Å². The molecule has 17 heavy (non-hydrogen) atoms. The quantitative estimate of drug-likeness (QED) is 0.784. The topological polar surface area (TPSA) is 52.8 Å². The number of aromatic nitrogens is 4. The number of halogens is 1. The molecular weight excluding hydrogens is 240 g/mol. The van der Waals surface area contributed by atoms with Crippen LogP contribution in [0.4, 0.5) is 0 Å². The first-order chi connectivity index (χ1) is 8.10. The first kappa shape index (κ1) is 12.0. The highest BCUT2D eigenvalue weighted by Gasteiger charge is 2.11. The Bertz CT molecular complexity index is 538. The molecule has 0 fully saturated rings. The lowest BCUT2D eigenvalue weighted by molar-refractivity contribution is 0.181. The van der Waals surface area contributed by atoms with E-state index in [-0.39, 0.29) is 0 Å². The molecule has 0 aliphatic rings. The molecule has 0 aromatic carbocycles. The fraction of sp³-hybridized carbons (Fsp3) is 0.364. The van der Waals surface area contributed by atoms with Crippen molar-refractivity contribution >= 4 is 11.6 Å². The molecule has 0 spiro atoms. The first-order valence-electron chi connectivity index (χ1n) is 5.13. The average Bonchev–Trinajstić information content (AvgIpc) is 2.57. The van der Waals surface area contributed by atoms with E-state index in [0.717, 1.165) is 17.0 Å². The van der Waals surface area contributed by atoms with Crippen molar-refractivity contribution in [2.24, 2.45) is 7.05 Å². The maximum absolute atomic E-state index is 5.96. The number of rotatable bonds is 3. The van der Waals surface area contributed by atoms with Crippen LogP contribution >= 0.6 is 11.6 Å². The van der Waals surface area contributed by atoms with Crippen LogP contribution in [0.15, 0.2) is 12.3 Å². The van der Waals surface area contributed by atoms with Gasteiger partial charge in [0.05, 0.1) is 23.6 Å². The van der Waals surface area contributed by atoms with Crippen molar-refractivity contribution in [1.82, 2.24) is 19.7 Å². The van der Waals surface area contributed by atoms with E-state index < -0.39 is 0 Å². The van der Waals surface area contributed by atoms with Gasteiger partial charge in [-0.15, -0.1) is 0 Å². The maximum atomic E-state index is 5.96. The summed E-state index contributed by atoms with van der Waals surface area (Å²) in [5.41, 5.74) is 2.51. The number of hydrogen-bond donors (Lipinski definition) is 0. The molecule has 2 aromatic heterocycles. The monoisotopic (exact) mass is 252 g/mol. The van der Waals surface area contributed by atoms with E-state index in [1.807, 2.05) is 20.2 Å². The molecule has 0 atom stereocenters. The standard InChI is InChI=1S/C11H13ClN4O/c1-7-9(5-16(2)15-7)11-13-8(6-17-3)4-10(12)14-11/h4-5H,6H2,1-3H3. The van der Waals surface area contributed by atoms with E-state index in [2.05, 4.69) is 15.1 Å². The third kappa shape index (κ3) is 2.62. The van der Waals surface area contributed by atoms with Gasteiger partial charge in [-0.05, 0) is 13.0 Å². The van der Waals surface area contributed by atoms with Gasteiger partial charge in [-0.25, -0.2) is 9.97 Å². The van der Waals surface area contributed by atoms with Crippen LogP contribution in [0.2, 0.25) is 5.15 Å². The number of ether oxygens (including phenoxy) is 1. The Hall–Kier alpha value is -1.46. The van der Waals surface area contributed by atoms with Crippen LogP contribution in [0.25, 0.3) is 11.4 Å². The van der Waals surface area contributed by atoms with Crippen molar-refractivity contribution in [1.29, 1.82) is 0 Å². The van der Waals surface area contributed by atoms with E-state index in [1.165, 1.54) is 0 Å². The van der Waals surface area contributed by atoms with Gasteiger partial charge in [0, 0.05) is 20.4 Å². The predicted octanol–water partition coefficient (Wildman–Crippen LogP) is 1.99. The van der Waals surface area contributed by atoms with Gasteiger partial charge in [-0.2, -0.15) is 5.10 Å². The minimum atomic E-state index is 0.408. The summed E-state index contributed by atoms with van der Waals surface area (Å²) in [6.07, 6.45) is 1.87. The fourth-order valence-electron chi connectivity index (χ4n) is 1.63. The van der Waals surface area contributed by atoms with Gasteiger partial charge >= 0.3 is 0 Å². The molecule has 5 nitrogen and oxygen atoms in total. The molecule has 0 N–H and O–H groups in total. The number of aryl methyl sites for hydroxylation is 2. The van der Waals surface area contributed by atoms with Gasteiger partial charge in [-0.3, -0.25) is 4.68 Å². The summed E-state index contributed by atoms with van der Waals surface area (Å²) < 4.78 is 6.77. The average molecular weight is 253 g/mol. The molecule has 2 rings (SSSR count). The van der Waals surface area contributed by atoms with Crippen LogP contribution in [-0.2, 0) is 18.4 Å². The Morgan fingerprint density at radius 3 is 2.76 bits per heavy atom. The fourth-order valence-corrected chi connectivity index (χ4v) is 1.83. The second-order valence-corrected chi connectivity index (χ2v) is 4.13. The highest BCUT2D eigenvalue weighted by molar-refractivity contribution is 6.29. The molecule has 0 bridgehead atoms. The van der Waals surface area contributed by atoms with Gasteiger partial charge in [0.15, 0.2) is 5.82 Å².